The highest BCUT2D eigenvalue weighted by molar-refractivity contribution is 6.39. The molecule has 0 fully saturated rings. The quantitative estimate of drug-likeness (QED) is 0.108. The number of rotatable bonds is 7. The van der Waals surface area contributed by atoms with Crippen LogP contribution in [-0.2, 0) is 14.3 Å². The van der Waals surface area contributed by atoms with Crippen molar-refractivity contribution in [2.75, 3.05) is 13.2 Å². The third-order valence-corrected chi connectivity index (χ3v) is 3.20. The second-order valence-electron chi connectivity index (χ2n) is 4.08. The number of halogens is 2. The summed E-state index contributed by atoms with van der Waals surface area (Å²) in [6.45, 7) is 3.49. The molecule has 9 heteroatoms. The zero-order chi connectivity index (χ0) is 17.6. The number of ether oxygens (including phenoxy) is 2. The smallest absolute Gasteiger partial charge is 0.345 e. The number of hydrogen-bond acceptors (Lipinski definition) is 6. The van der Waals surface area contributed by atoms with Crippen LogP contribution in [0.3, 0.4) is 0 Å². The maximum atomic E-state index is 12.5. The minimum atomic E-state index is -0.917. The molecule has 0 radical (unpaired) electrons. The fourth-order valence-electron chi connectivity index (χ4n) is 1.57. The van der Waals surface area contributed by atoms with Crippen LogP contribution in [0.4, 0.5) is 5.69 Å². The highest BCUT2D eigenvalue weighted by atomic mass is 35.5. The van der Waals surface area contributed by atoms with Crippen molar-refractivity contribution in [3.8, 4) is 0 Å². The Morgan fingerprint density at radius 1 is 1.22 bits per heavy atom. The predicted octanol–water partition coefficient (Wildman–Crippen LogP) is 3.57. The Kier molecular flexibility index (Phi) is 6.99. The Bertz CT molecular complexity index is 671. The van der Waals surface area contributed by atoms with E-state index in [2.05, 4.69) is 0 Å². The van der Waals surface area contributed by atoms with E-state index in [1.807, 2.05) is 0 Å². The zero-order valence-corrected chi connectivity index (χ0v) is 13.8. The highest BCUT2D eigenvalue weighted by Crippen LogP contribution is 2.32. The van der Waals surface area contributed by atoms with Crippen molar-refractivity contribution in [3.05, 3.63) is 49.7 Å². The van der Waals surface area contributed by atoms with E-state index in [1.165, 1.54) is 0 Å². The van der Waals surface area contributed by atoms with Crippen molar-refractivity contribution in [1.29, 1.82) is 0 Å². The summed E-state index contributed by atoms with van der Waals surface area (Å²) in [5.41, 5.74) is -1.17. The molecule has 0 aliphatic carbocycles. The van der Waals surface area contributed by atoms with Gasteiger partial charge < -0.3 is 9.47 Å². The minimum Gasteiger partial charge on any atom is -0.500 e. The van der Waals surface area contributed by atoms with Crippen molar-refractivity contribution in [2.45, 2.75) is 13.8 Å². The monoisotopic (exact) mass is 361 g/mol. The molecule has 0 N–H and O–H groups in total. The molecular formula is C14H13Cl2NO6. The molecule has 1 aromatic rings. The van der Waals surface area contributed by atoms with E-state index < -0.39 is 27.9 Å². The van der Waals surface area contributed by atoms with Gasteiger partial charge in [-0.05, 0) is 19.9 Å². The number of nitro groups is 1. The van der Waals surface area contributed by atoms with Crippen LogP contribution >= 0.6 is 23.2 Å². The number of Topliss-reactive ketones (excluding diaryl/α,β-unsaturated/α-hetero) is 1. The third-order valence-electron chi connectivity index (χ3n) is 2.59. The lowest BCUT2D eigenvalue weighted by Gasteiger charge is -2.08. The van der Waals surface area contributed by atoms with Crippen LogP contribution in [0.25, 0.3) is 0 Å². The van der Waals surface area contributed by atoms with E-state index in [9.17, 15) is 19.7 Å². The summed E-state index contributed by atoms with van der Waals surface area (Å²) in [6.07, 6.45) is 0.942. The van der Waals surface area contributed by atoms with E-state index in [1.54, 1.807) is 13.8 Å². The molecule has 0 bridgehead atoms. The number of nitro benzene ring substituents is 1. The van der Waals surface area contributed by atoms with Gasteiger partial charge in [-0.1, -0.05) is 23.2 Å². The van der Waals surface area contributed by atoms with Gasteiger partial charge in [-0.15, -0.1) is 0 Å². The van der Waals surface area contributed by atoms with E-state index >= 15 is 0 Å². The first-order valence-electron chi connectivity index (χ1n) is 6.50. The summed E-state index contributed by atoms with van der Waals surface area (Å²) in [6, 6.07) is 1.98. The van der Waals surface area contributed by atoms with Crippen LogP contribution in [0, 0.1) is 10.1 Å². The van der Waals surface area contributed by atoms with Crippen molar-refractivity contribution < 1.29 is 24.0 Å². The highest BCUT2D eigenvalue weighted by Gasteiger charge is 2.27. The van der Waals surface area contributed by atoms with Crippen molar-refractivity contribution in [2.24, 2.45) is 0 Å². The average molecular weight is 362 g/mol. The molecule has 0 spiro atoms. The van der Waals surface area contributed by atoms with Gasteiger partial charge >= 0.3 is 5.97 Å². The first-order valence-corrected chi connectivity index (χ1v) is 7.26. The lowest BCUT2D eigenvalue weighted by Crippen LogP contribution is -2.17. The Hall–Kier alpha value is -2.12. The van der Waals surface area contributed by atoms with E-state index in [0.717, 1.165) is 18.4 Å². The van der Waals surface area contributed by atoms with Crippen LogP contribution in [-0.4, -0.2) is 29.9 Å². The van der Waals surface area contributed by atoms with Gasteiger partial charge in [-0.25, -0.2) is 4.79 Å². The van der Waals surface area contributed by atoms with Gasteiger partial charge in [0.15, 0.2) is 0 Å². The van der Waals surface area contributed by atoms with Crippen LogP contribution in [0.1, 0.15) is 24.2 Å². The van der Waals surface area contributed by atoms with E-state index in [-0.39, 0.29) is 28.8 Å². The van der Waals surface area contributed by atoms with Gasteiger partial charge in [-0.2, -0.15) is 0 Å². The molecule has 1 aromatic carbocycles. The molecule has 0 saturated carbocycles. The molecule has 0 unspecified atom stereocenters. The lowest BCUT2D eigenvalue weighted by atomic mass is 10.0. The first-order chi connectivity index (χ1) is 10.8. The second kappa shape index (κ2) is 8.50. The standard InChI is InChI=1S/C14H13Cl2NO6/c1-3-22-7-9(14(19)23-4-2)13(18)8-5-12(17(20)21)11(16)6-10(8)15/h5-7H,3-4H2,1-2H3/b9-7+. The van der Waals surface area contributed by atoms with Gasteiger partial charge in [0.25, 0.3) is 5.69 Å². The second-order valence-corrected chi connectivity index (χ2v) is 4.89. The first kappa shape index (κ1) is 18.9. The average Bonchev–Trinajstić information content (AvgIpc) is 2.47. The van der Waals surface area contributed by atoms with Gasteiger partial charge in [0, 0.05) is 11.6 Å². The van der Waals surface area contributed by atoms with Gasteiger partial charge in [0.1, 0.15) is 16.9 Å². The minimum absolute atomic E-state index is 0.0457. The topological polar surface area (TPSA) is 95.7 Å². The summed E-state index contributed by atoms with van der Waals surface area (Å²) >= 11 is 11.6. The summed E-state index contributed by atoms with van der Waals surface area (Å²) in [5.74, 6) is -1.78. The van der Waals surface area contributed by atoms with Crippen molar-refractivity contribution in [1.82, 2.24) is 0 Å². The molecule has 1 rings (SSSR count). The number of benzene rings is 1. The number of nitrogens with zero attached hydrogens (tertiary/aromatic N) is 1. The summed E-state index contributed by atoms with van der Waals surface area (Å²) < 4.78 is 9.73. The normalized spacial score (nSPS) is 11.0. The number of hydrogen-bond donors (Lipinski definition) is 0. The molecule has 0 aliphatic rings. The number of ketones is 1. The molecule has 0 heterocycles. The van der Waals surface area contributed by atoms with Gasteiger partial charge in [0.05, 0.1) is 23.2 Å². The van der Waals surface area contributed by atoms with Crippen LogP contribution in [0.2, 0.25) is 10.0 Å². The third kappa shape index (κ3) is 4.67. The van der Waals surface area contributed by atoms with Gasteiger partial charge in [0.2, 0.25) is 5.78 Å². The SMILES string of the molecule is CCO/C=C(/C(=O)OCC)C(=O)c1cc([N+](=O)[O-])c(Cl)cc1Cl. The zero-order valence-electron chi connectivity index (χ0n) is 12.3. The fourth-order valence-corrected chi connectivity index (χ4v) is 2.10. The van der Waals surface area contributed by atoms with E-state index in [4.69, 9.17) is 32.7 Å². The van der Waals surface area contributed by atoms with Crippen LogP contribution < -0.4 is 0 Å². The van der Waals surface area contributed by atoms with Crippen LogP contribution in [0.5, 0.6) is 0 Å². The number of carbonyl (C=O) groups is 2. The Balaban J connectivity index is 3.36. The molecule has 0 atom stereocenters. The summed E-state index contributed by atoms with van der Waals surface area (Å²) in [4.78, 5) is 34.5. The lowest BCUT2D eigenvalue weighted by molar-refractivity contribution is -0.384. The molecule has 124 valence electrons. The number of carbonyl (C=O) groups excluding carboxylic acids is 2. The summed E-state index contributed by atoms with van der Waals surface area (Å²) in [7, 11) is 0. The molecule has 0 saturated heterocycles. The molecule has 0 aromatic heterocycles. The largest absolute Gasteiger partial charge is 0.500 e. The Morgan fingerprint density at radius 3 is 2.39 bits per heavy atom. The molecule has 0 aliphatic heterocycles. The summed E-state index contributed by atoms with van der Waals surface area (Å²) in [5, 5.41) is 10.6. The molecule has 23 heavy (non-hydrogen) atoms. The van der Waals surface area contributed by atoms with E-state index in [0.29, 0.717) is 0 Å². The fraction of sp³-hybridized carbons (Fsp3) is 0.286. The predicted molar refractivity (Wildman–Crippen MR) is 83.8 cm³/mol. The Labute approximate surface area is 141 Å². The van der Waals surface area contributed by atoms with Crippen LogP contribution in [0.15, 0.2) is 24.0 Å². The Morgan fingerprint density at radius 2 is 1.87 bits per heavy atom. The maximum Gasteiger partial charge on any atom is 0.345 e. The van der Waals surface area contributed by atoms with Crippen molar-refractivity contribution in [3.63, 3.8) is 0 Å². The molecule has 0 amide bonds. The molecular weight excluding hydrogens is 349 g/mol. The van der Waals surface area contributed by atoms with Gasteiger partial charge in [-0.3, -0.25) is 14.9 Å². The number of esters is 1. The van der Waals surface area contributed by atoms with Crippen molar-refractivity contribution >= 4 is 40.6 Å². The maximum absolute atomic E-state index is 12.5. The molecule has 7 nitrogen and oxygen atoms in total.